The highest BCUT2D eigenvalue weighted by Gasteiger charge is 1.98. The molecular formula is C8H12. The van der Waals surface area contributed by atoms with E-state index >= 15 is 0 Å². The van der Waals surface area contributed by atoms with Gasteiger partial charge in [0.2, 0.25) is 0 Å². The van der Waals surface area contributed by atoms with Crippen molar-refractivity contribution in [1.29, 1.82) is 0 Å². The Labute approximate surface area is 50.9 Å². The number of allylic oxidation sites excluding steroid dienone is 4. The van der Waals surface area contributed by atoms with E-state index in [1.165, 1.54) is 12.8 Å². The molecule has 0 N–H and O–H groups in total. The summed E-state index contributed by atoms with van der Waals surface area (Å²) in [6.07, 6.45) is 11.3. The van der Waals surface area contributed by atoms with E-state index in [0.717, 1.165) is 5.92 Å². The van der Waals surface area contributed by atoms with E-state index in [4.69, 9.17) is 0 Å². The van der Waals surface area contributed by atoms with Crippen LogP contribution in [-0.4, -0.2) is 0 Å². The zero-order chi connectivity index (χ0) is 5.82. The minimum absolute atomic E-state index is 0.819. The van der Waals surface area contributed by atoms with Crippen LogP contribution in [0.4, 0.5) is 0 Å². The van der Waals surface area contributed by atoms with E-state index in [2.05, 4.69) is 31.2 Å². The first-order chi connectivity index (χ1) is 3.93. The lowest BCUT2D eigenvalue weighted by Gasteiger charge is -2.07. The van der Waals surface area contributed by atoms with Crippen molar-refractivity contribution in [3.63, 3.8) is 0 Å². The average Bonchev–Trinajstić information content (AvgIpc) is 1.90. The third-order valence-corrected chi connectivity index (χ3v) is 1.59. The fraction of sp³-hybridized carbons (Fsp3) is 0.500. The highest BCUT2D eigenvalue weighted by atomic mass is 14.0. The van der Waals surface area contributed by atoms with E-state index in [9.17, 15) is 0 Å². The summed E-state index contributed by atoms with van der Waals surface area (Å²) >= 11 is 0. The number of hydrogen-bond donors (Lipinski definition) is 0. The fourth-order valence-corrected chi connectivity index (χ4v) is 0.935. The summed E-state index contributed by atoms with van der Waals surface area (Å²) < 4.78 is 0. The van der Waals surface area contributed by atoms with Crippen LogP contribution < -0.4 is 0 Å². The lowest BCUT2D eigenvalue weighted by atomic mass is 9.99. The summed E-state index contributed by atoms with van der Waals surface area (Å²) in [5, 5.41) is 0. The second-order valence-electron chi connectivity index (χ2n) is 2.22. The average molecular weight is 108 g/mol. The largest absolute Gasteiger partial charge is 0.0840 e. The smallest absolute Gasteiger partial charge is 0.0198 e. The quantitative estimate of drug-likeness (QED) is 0.484. The molecule has 0 amide bonds. The van der Waals surface area contributed by atoms with Crippen molar-refractivity contribution in [2.24, 2.45) is 5.92 Å². The molecule has 8 heavy (non-hydrogen) atoms. The molecule has 0 spiro atoms. The molecule has 0 saturated carbocycles. The van der Waals surface area contributed by atoms with Crippen LogP contribution >= 0.6 is 0 Å². The van der Waals surface area contributed by atoms with Crippen molar-refractivity contribution in [1.82, 2.24) is 0 Å². The standard InChI is InChI=1S/C8H12/c1-2-8-6-4-3-5-7-8/h3-6,8H,2,7H2,1H3/t8-/m0/s1. The SMILES string of the molecule is CC[C@H]1C=CC=CC1. The summed E-state index contributed by atoms with van der Waals surface area (Å²) in [4.78, 5) is 0. The molecule has 0 nitrogen and oxygen atoms in total. The molecule has 0 aromatic rings. The molecule has 0 heteroatoms. The molecule has 44 valence electrons. The van der Waals surface area contributed by atoms with Gasteiger partial charge in [0.25, 0.3) is 0 Å². The van der Waals surface area contributed by atoms with Crippen LogP contribution in [0, 0.1) is 5.92 Å². The lowest BCUT2D eigenvalue weighted by Crippen LogP contribution is -1.93. The minimum Gasteiger partial charge on any atom is -0.0840 e. The van der Waals surface area contributed by atoms with Gasteiger partial charge >= 0.3 is 0 Å². The molecule has 1 rings (SSSR count). The molecular weight excluding hydrogens is 96.1 g/mol. The molecule has 0 heterocycles. The highest BCUT2D eigenvalue weighted by molar-refractivity contribution is 5.10. The molecule has 1 aliphatic carbocycles. The van der Waals surface area contributed by atoms with Gasteiger partial charge in [-0.15, -0.1) is 0 Å². The van der Waals surface area contributed by atoms with E-state index in [1.807, 2.05) is 0 Å². The van der Waals surface area contributed by atoms with Crippen molar-refractivity contribution in [2.45, 2.75) is 19.8 Å². The van der Waals surface area contributed by atoms with Crippen molar-refractivity contribution in [3.05, 3.63) is 24.3 Å². The molecule has 0 saturated heterocycles. The Bertz CT molecular complexity index is 109. The van der Waals surface area contributed by atoms with Crippen molar-refractivity contribution in [3.8, 4) is 0 Å². The van der Waals surface area contributed by atoms with Crippen LogP contribution in [0.2, 0.25) is 0 Å². The van der Waals surface area contributed by atoms with Crippen molar-refractivity contribution < 1.29 is 0 Å². The topological polar surface area (TPSA) is 0 Å². The van der Waals surface area contributed by atoms with Gasteiger partial charge in [0.05, 0.1) is 0 Å². The van der Waals surface area contributed by atoms with Crippen LogP contribution in [0.3, 0.4) is 0 Å². The third-order valence-electron chi connectivity index (χ3n) is 1.59. The lowest BCUT2D eigenvalue weighted by molar-refractivity contribution is 0.633. The highest BCUT2D eigenvalue weighted by Crippen LogP contribution is 2.13. The zero-order valence-corrected chi connectivity index (χ0v) is 5.30. The van der Waals surface area contributed by atoms with Gasteiger partial charge in [-0.05, 0) is 18.8 Å². The Morgan fingerprint density at radius 3 is 2.75 bits per heavy atom. The second-order valence-corrected chi connectivity index (χ2v) is 2.22. The van der Waals surface area contributed by atoms with Gasteiger partial charge in [0.15, 0.2) is 0 Å². The molecule has 0 unspecified atom stereocenters. The Morgan fingerprint density at radius 1 is 1.50 bits per heavy atom. The maximum atomic E-state index is 2.28. The van der Waals surface area contributed by atoms with Gasteiger partial charge < -0.3 is 0 Å². The molecule has 0 aromatic heterocycles. The van der Waals surface area contributed by atoms with Gasteiger partial charge in [0.1, 0.15) is 0 Å². The molecule has 0 aromatic carbocycles. The van der Waals surface area contributed by atoms with Crippen LogP contribution in [0.15, 0.2) is 24.3 Å². The minimum atomic E-state index is 0.819. The maximum Gasteiger partial charge on any atom is -0.0198 e. The Morgan fingerprint density at radius 2 is 2.38 bits per heavy atom. The van der Waals surface area contributed by atoms with E-state index < -0.39 is 0 Å². The van der Waals surface area contributed by atoms with Crippen LogP contribution in [0.25, 0.3) is 0 Å². The fourth-order valence-electron chi connectivity index (χ4n) is 0.935. The maximum absolute atomic E-state index is 2.28. The molecule has 0 fully saturated rings. The third kappa shape index (κ3) is 1.22. The summed E-state index contributed by atoms with van der Waals surface area (Å²) in [6, 6.07) is 0. The van der Waals surface area contributed by atoms with Gasteiger partial charge in [-0.25, -0.2) is 0 Å². The monoisotopic (exact) mass is 108 g/mol. The molecule has 0 radical (unpaired) electrons. The van der Waals surface area contributed by atoms with Gasteiger partial charge in [0, 0.05) is 0 Å². The van der Waals surface area contributed by atoms with E-state index in [1.54, 1.807) is 0 Å². The molecule has 1 aliphatic rings. The van der Waals surface area contributed by atoms with E-state index in [0.29, 0.717) is 0 Å². The van der Waals surface area contributed by atoms with Crippen LogP contribution in [0.1, 0.15) is 19.8 Å². The zero-order valence-electron chi connectivity index (χ0n) is 5.30. The first-order valence-corrected chi connectivity index (χ1v) is 3.27. The Hall–Kier alpha value is -0.520. The van der Waals surface area contributed by atoms with Gasteiger partial charge in [-0.1, -0.05) is 31.2 Å². The number of hydrogen-bond acceptors (Lipinski definition) is 0. The summed E-state index contributed by atoms with van der Waals surface area (Å²) in [5.74, 6) is 0.819. The van der Waals surface area contributed by atoms with Crippen LogP contribution in [-0.2, 0) is 0 Å². The van der Waals surface area contributed by atoms with E-state index in [-0.39, 0.29) is 0 Å². The van der Waals surface area contributed by atoms with Gasteiger partial charge in [-0.2, -0.15) is 0 Å². The molecule has 0 aliphatic heterocycles. The number of rotatable bonds is 1. The Kier molecular flexibility index (Phi) is 1.90. The molecule has 0 bridgehead atoms. The summed E-state index contributed by atoms with van der Waals surface area (Å²) in [6.45, 7) is 2.23. The summed E-state index contributed by atoms with van der Waals surface area (Å²) in [7, 11) is 0. The first-order valence-electron chi connectivity index (χ1n) is 3.27. The van der Waals surface area contributed by atoms with Crippen LogP contribution in [0.5, 0.6) is 0 Å². The van der Waals surface area contributed by atoms with Gasteiger partial charge in [-0.3, -0.25) is 0 Å². The normalized spacial score (nSPS) is 26.4. The first kappa shape index (κ1) is 5.61. The van der Waals surface area contributed by atoms with Crippen molar-refractivity contribution >= 4 is 0 Å². The Balaban J connectivity index is 2.40. The summed E-state index contributed by atoms with van der Waals surface area (Å²) in [5.41, 5.74) is 0. The second kappa shape index (κ2) is 2.71. The van der Waals surface area contributed by atoms with Crippen molar-refractivity contribution in [2.75, 3.05) is 0 Å². The molecule has 1 atom stereocenters. The predicted molar refractivity (Wildman–Crippen MR) is 36.7 cm³/mol. The predicted octanol–water partition coefficient (Wildman–Crippen LogP) is 2.53.